The zero-order chi connectivity index (χ0) is 15.7. The highest BCUT2D eigenvalue weighted by molar-refractivity contribution is 9.11. The number of hydrogen-bond acceptors (Lipinski definition) is 3. The first-order chi connectivity index (χ1) is 10.1. The van der Waals surface area contributed by atoms with Gasteiger partial charge < -0.3 is 15.2 Å². The zero-order valence-corrected chi connectivity index (χ0v) is 16.0. The van der Waals surface area contributed by atoms with Crippen LogP contribution in [0.3, 0.4) is 0 Å². The number of aliphatic hydroxyl groups is 1. The lowest BCUT2D eigenvalue weighted by atomic mass is 10.00. The molecule has 5 heteroatoms. The number of halogens is 2. The van der Waals surface area contributed by atoms with E-state index in [1.54, 1.807) is 0 Å². The van der Waals surface area contributed by atoms with Crippen LogP contribution in [0.4, 0.5) is 0 Å². The van der Waals surface area contributed by atoms with Crippen molar-refractivity contribution in [1.82, 2.24) is 5.32 Å². The lowest BCUT2D eigenvalue weighted by Gasteiger charge is -2.17. The number of rotatable bonds is 10. The molecule has 120 valence electrons. The van der Waals surface area contributed by atoms with Crippen molar-refractivity contribution in [2.24, 2.45) is 5.92 Å². The first-order valence-electron chi connectivity index (χ1n) is 7.54. The van der Waals surface area contributed by atoms with Gasteiger partial charge in [-0.25, -0.2) is 0 Å². The molecular weight excluding hydrogens is 398 g/mol. The van der Waals surface area contributed by atoms with Gasteiger partial charge in [0, 0.05) is 23.2 Å². The summed E-state index contributed by atoms with van der Waals surface area (Å²) in [6.07, 6.45) is 3.16. The topological polar surface area (TPSA) is 41.5 Å². The SMILES string of the molecule is CCCC(CCO)CNCc1cc(Br)cc(Br)c1OCC. The Bertz CT molecular complexity index is 421. The largest absolute Gasteiger partial charge is 0.492 e. The third kappa shape index (κ3) is 6.68. The van der Waals surface area contributed by atoms with E-state index in [2.05, 4.69) is 50.2 Å². The second kappa shape index (κ2) is 10.6. The molecule has 1 rings (SSSR count). The third-order valence-corrected chi connectivity index (χ3v) is 4.40. The van der Waals surface area contributed by atoms with Crippen molar-refractivity contribution >= 4 is 31.9 Å². The molecule has 2 N–H and O–H groups in total. The summed E-state index contributed by atoms with van der Waals surface area (Å²) < 4.78 is 7.73. The minimum Gasteiger partial charge on any atom is -0.492 e. The molecule has 0 fully saturated rings. The molecule has 0 spiro atoms. The van der Waals surface area contributed by atoms with Crippen molar-refractivity contribution < 1.29 is 9.84 Å². The Kier molecular flexibility index (Phi) is 9.56. The Hall–Kier alpha value is -0.100. The van der Waals surface area contributed by atoms with E-state index >= 15 is 0 Å². The van der Waals surface area contributed by atoms with Crippen LogP contribution in [0, 0.1) is 5.92 Å². The molecular formula is C16H25Br2NO2. The Morgan fingerprint density at radius 3 is 2.62 bits per heavy atom. The highest BCUT2D eigenvalue weighted by atomic mass is 79.9. The predicted octanol–water partition coefficient (Wildman–Crippen LogP) is 4.50. The van der Waals surface area contributed by atoms with E-state index in [4.69, 9.17) is 9.84 Å². The summed E-state index contributed by atoms with van der Waals surface area (Å²) in [7, 11) is 0. The maximum absolute atomic E-state index is 9.11. The van der Waals surface area contributed by atoms with Crippen molar-refractivity contribution in [2.45, 2.75) is 39.7 Å². The standard InChI is InChI=1S/C16H25Br2NO2/c1-3-5-12(6-7-20)10-19-11-13-8-14(17)9-15(18)16(13)21-4-2/h8-9,12,19-20H,3-7,10-11H2,1-2H3. The van der Waals surface area contributed by atoms with Gasteiger partial charge in [-0.1, -0.05) is 29.3 Å². The molecule has 0 saturated carbocycles. The summed E-state index contributed by atoms with van der Waals surface area (Å²) >= 11 is 7.08. The Labute approximate surface area is 144 Å². The van der Waals surface area contributed by atoms with E-state index in [1.807, 2.05) is 13.0 Å². The number of ether oxygens (including phenoxy) is 1. The molecule has 0 heterocycles. The van der Waals surface area contributed by atoms with Gasteiger partial charge in [-0.05, 0) is 60.3 Å². The van der Waals surface area contributed by atoms with E-state index in [1.165, 1.54) is 0 Å². The highest BCUT2D eigenvalue weighted by Gasteiger charge is 2.11. The van der Waals surface area contributed by atoms with E-state index in [0.29, 0.717) is 12.5 Å². The molecule has 0 aromatic heterocycles. The van der Waals surface area contributed by atoms with Crippen LogP contribution in [0.25, 0.3) is 0 Å². The summed E-state index contributed by atoms with van der Waals surface area (Å²) in [4.78, 5) is 0. The van der Waals surface area contributed by atoms with E-state index in [0.717, 1.165) is 52.6 Å². The van der Waals surface area contributed by atoms with Crippen molar-refractivity contribution in [2.75, 3.05) is 19.8 Å². The minimum absolute atomic E-state index is 0.263. The Balaban J connectivity index is 2.65. The van der Waals surface area contributed by atoms with Crippen LogP contribution in [0.1, 0.15) is 38.7 Å². The summed E-state index contributed by atoms with van der Waals surface area (Å²) in [5.41, 5.74) is 1.14. The second-order valence-electron chi connectivity index (χ2n) is 5.11. The zero-order valence-electron chi connectivity index (χ0n) is 12.8. The van der Waals surface area contributed by atoms with Crippen LogP contribution < -0.4 is 10.1 Å². The molecule has 0 bridgehead atoms. The van der Waals surface area contributed by atoms with Crippen LogP contribution in [-0.4, -0.2) is 24.9 Å². The molecule has 0 aliphatic rings. The van der Waals surface area contributed by atoms with Gasteiger partial charge >= 0.3 is 0 Å². The molecule has 21 heavy (non-hydrogen) atoms. The molecule has 0 aliphatic carbocycles. The fraction of sp³-hybridized carbons (Fsp3) is 0.625. The molecule has 0 saturated heterocycles. The van der Waals surface area contributed by atoms with Crippen molar-refractivity contribution in [3.63, 3.8) is 0 Å². The molecule has 1 atom stereocenters. The van der Waals surface area contributed by atoms with Gasteiger partial charge in [0.15, 0.2) is 0 Å². The highest BCUT2D eigenvalue weighted by Crippen LogP contribution is 2.33. The van der Waals surface area contributed by atoms with E-state index in [-0.39, 0.29) is 6.61 Å². The van der Waals surface area contributed by atoms with Gasteiger partial charge in [0.2, 0.25) is 0 Å². The number of benzene rings is 1. The second-order valence-corrected chi connectivity index (χ2v) is 6.88. The Morgan fingerprint density at radius 2 is 2.00 bits per heavy atom. The lowest BCUT2D eigenvalue weighted by Crippen LogP contribution is -2.23. The minimum atomic E-state index is 0.263. The smallest absolute Gasteiger partial charge is 0.138 e. The Morgan fingerprint density at radius 1 is 1.24 bits per heavy atom. The van der Waals surface area contributed by atoms with Gasteiger partial charge in [0.05, 0.1) is 11.1 Å². The molecule has 1 aromatic carbocycles. The first kappa shape index (κ1) is 18.9. The summed E-state index contributed by atoms with van der Waals surface area (Å²) in [5, 5.41) is 12.6. The molecule has 0 aliphatic heterocycles. The monoisotopic (exact) mass is 421 g/mol. The normalized spacial score (nSPS) is 12.4. The molecule has 0 amide bonds. The molecule has 1 unspecified atom stereocenters. The maximum atomic E-state index is 9.11. The predicted molar refractivity (Wildman–Crippen MR) is 94.8 cm³/mol. The van der Waals surface area contributed by atoms with Crippen molar-refractivity contribution in [3.05, 3.63) is 26.6 Å². The quantitative estimate of drug-likeness (QED) is 0.583. The molecule has 3 nitrogen and oxygen atoms in total. The summed E-state index contributed by atoms with van der Waals surface area (Å²) in [6.45, 7) is 6.77. The van der Waals surface area contributed by atoms with Gasteiger partial charge in [-0.15, -0.1) is 0 Å². The summed E-state index contributed by atoms with van der Waals surface area (Å²) in [5.74, 6) is 1.44. The number of hydrogen-bond donors (Lipinski definition) is 2. The molecule has 0 radical (unpaired) electrons. The van der Waals surface area contributed by atoms with Crippen LogP contribution in [0.15, 0.2) is 21.1 Å². The van der Waals surface area contributed by atoms with Crippen LogP contribution in [0.5, 0.6) is 5.75 Å². The fourth-order valence-electron chi connectivity index (χ4n) is 2.40. The third-order valence-electron chi connectivity index (χ3n) is 3.36. The number of nitrogens with one attached hydrogen (secondary N) is 1. The average Bonchev–Trinajstić information content (AvgIpc) is 2.43. The van der Waals surface area contributed by atoms with Gasteiger partial charge in [0.25, 0.3) is 0 Å². The number of aliphatic hydroxyl groups excluding tert-OH is 1. The van der Waals surface area contributed by atoms with Crippen LogP contribution >= 0.6 is 31.9 Å². The van der Waals surface area contributed by atoms with Gasteiger partial charge in [-0.2, -0.15) is 0 Å². The van der Waals surface area contributed by atoms with Crippen molar-refractivity contribution in [1.29, 1.82) is 0 Å². The first-order valence-corrected chi connectivity index (χ1v) is 9.13. The fourth-order valence-corrected chi connectivity index (χ4v) is 3.83. The van der Waals surface area contributed by atoms with Crippen LogP contribution in [-0.2, 0) is 6.54 Å². The van der Waals surface area contributed by atoms with Gasteiger partial charge in [-0.3, -0.25) is 0 Å². The van der Waals surface area contributed by atoms with Crippen LogP contribution in [0.2, 0.25) is 0 Å². The van der Waals surface area contributed by atoms with E-state index < -0.39 is 0 Å². The average molecular weight is 423 g/mol. The lowest BCUT2D eigenvalue weighted by molar-refractivity contribution is 0.247. The maximum Gasteiger partial charge on any atom is 0.138 e. The van der Waals surface area contributed by atoms with Gasteiger partial charge in [0.1, 0.15) is 5.75 Å². The molecule has 1 aromatic rings. The summed E-state index contributed by atoms with van der Waals surface area (Å²) in [6, 6.07) is 4.09. The van der Waals surface area contributed by atoms with Crippen molar-refractivity contribution in [3.8, 4) is 5.75 Å². The van der Waals surface area contributed by atoms with E-state index in [9.17, 15) is 0 Å².